The van der Waals surface area contributed by atoms with Gasteiger partial charge in [-0.05, 0) is 55.0 Å². The van der Waals surface area contributed by atoms with Crippen LogP contribution in [-0.4, -0.2) is 20.7 Å². The fourth-order valence-corrected chi connectivity index (χ4v) is 3.20. The molecule has 0 radical (unpaired) electrons. The third kappa shape index (κ3) is 4.45. The van der Waals surface area contributed by atoms with E-state index in [1.807, 2.05) is 11.7 Å². The zero-order chi connectivity index (χ0) is 18.6. The van der Waals surface area contributed by atoms with E-state index in [1.165, 1.54) is 23.6 Å². The Kier molecular flexibility index (Phi) is 6.31. The standard InChI is InChI=1S/C19H28N4O2/c1-7-18(19-21-11-22-23(19)6)20-9-16-12(2)8-13(3)17(14(16)4)10-25-15(5)24/h8,11,18,20H,7,9-10H2,1-6H3. The van der Waals surface area contributed by atoms with Crippen LogP contribution >= 0.6 is 0 Å². The Morgan fingerprint density at radius 1 is 1.28 bits per heavy atom. The zero-order valence-electron chi connectivity index (χ0n) is 16.0. The minimum atomic E-state index is -0.257. The van der Waals surface area contributed by atoms with Crippen LogP contribution in [0.4, 0.5) is 0 Å². The van der Waals surface area contributed by atoms with Crippen LogP contribution in [0.5, 0.6) is 0 Å². The molecule has 6 nitrogen and oxygen atoms in total. The zero-order valence-corrected chi connectivity index (χ0v) is 16.0. The topological polar surface area (TPSA) is 69.0 Å². The van der Waals surface area contributed by atoms with Gasteiger partial charge >= 0.3 is 5.97 Å². The highest BCUT2D eigenvalue weighted by Gasteiger charge is 2.17. The van der Waals surface area contributed by atoms with E-state index in [1.54, 1.807) is 6.33 Å². The lowest BCUT2D eigenvalue weighted by atomic mass is 9.93. The minimum absolute atomic E-state index is 0.143. The Bertz CT molecular complexity index is 752. The molecule has 0 aliphatic rings. The number of carbonyl (C=O) groups is 1. The van der Waals surface area contributed by atoms with E-state index < -0.39 is 0 Å². The van der Waals surface area contributed by atoms with Gasteiger partial charge in [-0.2, -0.15) is 5.10 Å². The van der Waals surface area contributed by atoms with E-state index in [0.717, 1.165) is 29.9 Å². The molecule has 0 saturated heterocycles. The van der Waals surface area contributed by atoms with Crippen LogP contribution in [0, 0.1) is 20.8 Å². The van der Waals surface area contributed by atoms with Crippen LogP contribution in [0.25, 0.3) is 0 Å². The smallest absolute Gasteiger partial charge is 0.302 e. The molecule has 1 aromatic heterocycles. The van der Waals surface area contributed by atoms with E-state index in [2.05, 4.69) is 49.2 Å². The van der Waals surface area contributed by atoms with Crippen molar-refractivity contribution >= 4 is 5.97 Å². The van der Waals surface area contributed by atoms with Crippen molar-refractivity contribution in [1.29, 1.82) is 0 Å². The summed E-state index contributed by atoms with van der Waals surface area (Å²) >= 11 is 0. The summed E-state index contributed by atoms with van der Waals surface area (Å²) in [5.74, 6) is 0.678. The second kappa shape index (κ2) is 8.25. The number of nitrogens with one attached hydrogen (secondary N) is 1. The van der Waals surface area contributed by atoms with Gasteiger partial charge in [0.05, 0.1) is 6.04 Å². The number of aryl methyl sites for hydroxylation is 3. The third-order valence-electron chi connectivity index (χ3n) is 4.70. The molecule has 1 unspecified atom stereocenters. The van der Waals surface area contributed by atoms with Crippen LogP contribution in [0.3, 0.4) is 0 Å². The Morgan fingerprint density at radius 2 is 1.96 bits per heavy atom. The summed E-state index contributed by atoms with van der Waals surface area (Å²) in [6, 6.07) is 2.30. The molecule has 0 fully saturated rings. The van der Waals surface area contributed by atoms with E-state index in [4.69, 9.17) is 4.74 Å². The average molecular weight is 344 g/mol. The largest absolute Gasteiger partial charge is 0.461 e. The van der Waals surface area contributed by atoms with Crippen LogP contribution in [-0.2, 0) is 29.7 Å². The lowest BCUT2D eigenvalue weighted by Crippen LogP contribution is -2.24. The molecule has 1 aromatic carbocycles. The van der Waals surface area contributed by atoms with Crippen molar-refractivity contribution in [2.75, 3.05) is 0 Å². The molecular weight excluding hydrogens is 316 g/mol. The van der Waals surface area contributed by atoms with Gasteiger partial charge in [0, 0.05) is 20.5 Å². The van der Waals surface area contributed by atoms with Crippen molar-refractivity contribution in [1.82, 2.24) is 20.1 Å². The summed E-state index contributed by atoms with van der Waals surface area (Å²) in [6.45, 7) is 10.9. The van der Waals surface area contributed by atoms with Crippen molar-refractivity contribution < 1.29 is 9.53 Å². The molecular formula is C19H28N4O2. The average Bonchev–Trinajstić information content (AvgIpc) is 2.96. The minimum Gasteiger partial charge on any atom is -0.461 e. The normalized spacial score (nSPS) is 12.2. The maximum atomic E-state index is 11.2. The second-order valence-corrected chi connectivity index (χ2v) is 6.46. The molecule has 0 saturated carbocycles. The molecule has 0 bridgehead atoms. The highest BCUT2D eigenvalue weighted by atomic mass is 16.5. The Labute approximate surface area is 149 Å². The van der Waals surface area contributed by atoms with E-state index in [9.17, 15) is 4.79 Å². The molecule has 0 amide bonds. The lowest BCUT2D eigenvalue weighted by molar-refractivity contribution is -0.142. The van der Waals surface area contributed by atoms with Crippen LogP contribution in [0.15, 0.2) is 12.4 Å². The van der Waals surface area contributed by atoms with Gasteiger partial charge < -0.3 is 10.1 Å². The summed E-state index contributed by atoms with van der Waals surface area (Å²) in [5, 5.41) is 7.75. The Morgan fingerprint density at radius 3 is 2.52 bits per heavy atom. The molecule has 6 heteroatoms. The SMILES string of the molecule is CCC(NCc1c(C)cc(C)c(COC(C)=O)c1C)c1ncnn1C. The Hall–Kier alpha value is -2.21. The van der Waals surface area contributed by atoms with Crippen molar-refractivity contribution in [2.24, 2.45) is 7.05 Å². The van der Waals surface area contributed by atoms with Gasteiger partial charge in [-0.15, -0.1) is 0 Å². The van der Waals surface area contributed by atoms with Gasteiger partial charge in [0.15, 0.2) is 0 Å². The lowest BCUT2D eigenvalue weighted by Gasteiger charge is -2.21. The molecule has 1 atom stereocenters. The van der Waals surface area contributed by atoms with Gasteiger partial charge in [-0.1, -0.05) is 13.0 Å². The molecule has 2 aromatic rings. The first-order valence-corrected chi connectivity index (χ1v) is 8.64. The number of nitrogens with zero attached hydrogens (tertiary/aromatic N) is 3. The molecule has 0 aliphatic heterocycles. The van der Waals surface area contributed by atoms with E-state index >= 15 is 0 Å². The highest BCUT2D eigenvalue weighted by Crippen LogP contribution is 2.24. The Balaban J connectivity index is 2.22. The number of aromatic nitrogens is 3. The monoisotopic (exact) mass is 344 g/mol. The highest BCUT2D eigenvalue weighted by molar-refractivity contribution is 5.66. The first-order valence-electron chi connectivity index (χ1n) is 8.64. The van der Waals surface area contributed by atoms with Crippen LogP contribution in [0.1, 0.15) is 60.0 Å². The number of esters is 1. The van der Waals surface area contributed by atoms with Crippen molar-refractivity contribution in [2.45, 2.75) is 60.2 Å². The second-order valence-electron chi connectivity index (χ2n) is 6.46. The molecule has 1 N–H and O–H groups in total. The molecule has 25 heavy (non-hydrogen) atoms. The third-order valence-corrected chi connectivity index (χ3v) is 4.70. The van der Waals surface area contributed by atoms with Gasteiger partial charge in [0.2, 0.25) is 0 Å². The molecule has 0 aliphatic carbocycles. The molecule has 0 spiro atoms. The van der Waals surface area contributed by atoms with E-state index in [-0.39, 0.29) is 12.0 Å². The first kappa shape index (κ1) is 19.1. The number of hydrogen-bond acceptors (Lipinski definition) is 5. The number of carbonyl (C=O) groups excluding carboxylic acids is 1. The van der Waals surface area contributed by atoms with Gasteiger partial charge in [-0.3, -0.25) is 9.48 Å². The summed E-state index contributed by atoms with van der Waals surface area (Å²) in [5.41, 5.74) is 5.90. The van der Waals surface area contributed by atoms with Crippen LogP contribution in [0.2, 0.25) is 0 Å². The van der Waals surface area contributed by atoms with Crippen molar-refractivity contribution in [3.63, 3.8) is 0 Å². The number of rotatable bonds is 7. The van der Waals surface area contributed by atoms with Gasteiger partial charge in [0.25, 0.3) is 0 Å². The fourth-order valence-electron chi connectivity index (χ4n) is 3.20. The summed E-state index contributed by atoms with van der Waals surface area (Å²) in [7, 11) is 1.91. The predicted octanol–water partition coefficient (Wildman–Crippen LogP) is 3.04. The maximum absolute atomic E-state index is 11.2. The number of benzene rings is 1. The maximum Gasteiger partial charge on any atom is 0.302 e. The predicted molar refractivity (Wildman–Crippen MR) is 97.0 cm³/mol. The van der Waals surface area contributed by atoms with Gasteiger partial charge in [-0.25, -0.2) is 4.98 Å². The first-order chi connectivity index (χ1) is 11.8. The molecule has 2 rings (SSSR count). The number of ether oxygens (including phenoxy) is 1. The molecule has 136 valence electrons. The summed E-state index contributed by atoms with van der Waals surface area (Å²) < 4.78 is 7.03. The number of hydrogen-bond donors (Lipinski definition) is 1. The quantitative estimate of drug-likeness (QED) is 0.782. The summed E-state index contributed by atoms with van der Waals surface area (Å²) in [6.07, 6.45) is 2.51. The van der Waals surface area contributed by atoms with Crippen molar-refractivity contribution in [3.05, 3.63) is 46.0 Å². The van der Waals surface area contributed by atoms with Crippen molar-refractivity contribution in [3.8, 4) is 0 Å². The molecule has 1 heterocycles. The fraction of sp³-hybridized carbons (Fsp3) is 0.526. The van der Waals surface area contributed by atoms with Crippen LogP contribution < -0.4 is 5.32 Å². The van der Waals surface area contributed by atoms with E-state index in [0.29, 0.717) is 6.61 Å². The summed E-state index contributed by atoms with van der Waals surface area (Å²) in [4.78, 5) is 15.5. The van der Waals surface area contributed by atoms with Gasteiger partial charge in [0.1, 0.15) is 18.8 Å².